The van der Waals surface area contributed by atoms with Gasteiger partial charge < -0.3 is 4.57 Å². The average Bonchev–Trinajstić information content (AvgIpc) is 2.61. The van der Waals surface area contributed by atoms with E-state index in [1.165, 1.54) is 44.0 Å². The number of benzene rings is 1. The van der Waals surface area contributed by atoms with E-state index < -0.39 is 0 Å². The van der Waals surface area contributed by atoms with E-state index in [-0.39, 0.29) is 0 Å². The van der Waals surface area contributed by atoms with E-state index in [2.05, 4.69) is 27.8 Å². The standard InChI is InChI=1S/C16H19N3/c17-12-11-16-18-14-9-5-6-10-15(14)19(16)13-7-3-1-2-4-8-13/h5-6,9-10,13H,1-4,7-8,11H2. The smallest absolute Gasteiger partial charge is 0.124 e. The van der Waals surface area contributed by atoms with Crippen LogP contribution >= 0.6 is 0 Å². The quantitative estimate of drug-likeness (QED) is 0.759. The number of para-hydroxylation sites is 2. The average molecular weight is 253 g/mol. The first kappa shape index (κ1) is 12.2. The third-order valence-electron chi connectivity index (χ3n) is 4.10. The highest BCUT2D eigenvalue weighted by Crippen LogP contribution is 2.31. The van der Waals surface area contributed by atoms with E-state index in [1.807, 2.05) is 12.1 Å². The zero-order valence-electron chi connectivity index (χ0n) is 11.2. The molecule has 0 aliphatic heterocycles. The van der Waals surface area contributed by atoms with Crippen molar-refractivity contribution < 1.29 is 0 Å². The molecule has 0 saturated heterocycles. The molecule has 0 spiro atoms. The fourth-order valence-corrected chi connectivity index (χ4v) is 3.21. The van der Waals surface area contributed by atoms with Gasteiger partial charge in [-0.05, 0) is 25.0 Å². The Morgan fingerprint density at radius 2 is 1.89 bits per heavy atom. The summed E-state index contributed by atoms with van der Waals surface area (Å²) in [6.07, 6.45) is 8.13. The molecule has 1 heterocycles. The minimum atomic E-state index is 0.408. The van der Waals surface area contributed by atoms with Gasteiger partial charge in [-0.25, -0.2) is 4.98 Å². The van der Waals surface area contributed by atoms with Crippen molar-refractivity contribution in [1.82, 2.24) is 9.55 Å². The van der Waals surface area contributed by atoms with Crippen LogP contribution in [0.4, 0.5) is 0 Å². The number of hydrogen-bond donors (Lipinski definition) is 0. The lowest BCUT2D eigenvalue weighted by atomic mass is 10.1. The summed E-state index contributed by atoms with van der Waals surface area (Å²) in [6.45, 7) is 0. The maximum Gasteiger partial charge on any atom is 0.124 e. The van der Waals surface area contributed by atoms with E-state index in [0.717, 1.165) is 11.3 Å². The van der Waals surface area contributed by atoms with Crippen LogP contribution < -0.4 is 0 Å². The molecule has 19 heavy (non-hydrogen) atoms. The molecule has 3 heteroatoms. The van der Waals surface area contributed by atoms with Gasteiger partial charge in [0.15, 0.2) is 0 Å². The van der Waals surface area contributed by atoms with Crippen LogP contribution in [0.1, 0.15) is 50.4 Å². The van der Waals surface area contributed by atoms with E-state index in [4.69, 9.17) is 5.26 Å². The normalized spacial score (nSPS) is 17.2. The molecule has 0 bridgehead atoms. The predicted octanol–water partition coefficient (Wildman–Crippen LogP) is 4.00. The van der Waals surface area contributed by atoms with Crippen molar-refractivity contribution in [1.29, 1.82) is 5.26 Å². The Morgan fingerprint density at radius 3 is 2.63 bits per heavy atom. The Hall–Kier alpha value is -1.82. The monoisotopic (exact) mass is 253 g/mol. The highest BCUT2D eigenvalue weighted by molar-refractivity contribution is 5.76. The molecule has 1 saturated carbocycles. The molecule has 1 fully saturated rings. The van der Waals surface area contributed by atoms with Crippen LogP contribution in [0, 0.1) is 11.3 Å². The molecule has 1 aromatic heterocycles. The Morgan fingerprint density at radius 1 is 1.16 bits per heavy atom. The molecule has 2 aromatic rings. The summed E-state index contributed by atoms with van der Waals surface area (Å²) in [5.41, 5.74) is 2.22. The number of aromatic nitrogens is 2. The maximum absolute atomic E-state index is 9.02. The van der Waals surface area contributed by atoms with Gasteiger partial charge >= 0.3 is 0 Å². The van der Waals surface area contributed by atoms with Crippen LogP contribution in [0.15, 0.2) is 24.3 Å². The molecular weight excluding hydrogens is 234 g/mol. The summed E-state index contributed by atoms with van der Waals surface area (Å²) in [5, 5.41) is 9.02. The minimum Gasteiger partial charge on any atom is -0.324 e. The van der Waals surface area contributed by atoms with Crippen molar-refractivity contribution >= 4 is 11.0 Å². The highest BCUT2D eigenvalue weighted by atomic mass is 15.1. The largest absolute Gasteiger partial charge is 0.324 e. The van der Waals surface area contributed by atoms with Crippen molar-refractivity contribution in [2.75, 3.05) is 0 Å². The number of imidazole rings is 1. The van der Waals surface area contributed by atoms with Gasteiger partial charge in [-0.3, -0.25) is 0 Å². The summed E-state index contributed by atoms with van der Waals surface area (Å²) in [4.78, 5) is 4.65. The Bertz CT molecular complexity index is 598. The summed E-state index contributed by atoms with van der Waals surface area (Å²) < 4.78 is 2.34. The molecular formula is C16H19N3. The SMILES string of the molecule is N#CCc1nc2ccccc2n1C1CCCCCC1. The molecule has 1 aliphatic rings. The number of rotatable bonds is 2. The lowest BCUT2D eigenvalue weighted by molar-refractivity contribution is 0.443. The molecule has 3 nitrogen and oxygen atoms in total. The van der Waals surface area contributed by atoms with Gasteiger partial charge in [0, 0.05) is 6.04 Å². The van der Waals surface area contributed by atoms with E-state index in [9.17, 15) is 0 Å². The summed E-state index contributed by atoms with van der Waals surface area (Å²) in [7, 11) is 0. The van der Waals surface area contributed by atoms with Gasteiger partial charge in [-0.15, -0.1) is 0 Å². The molecule has 3 rings (SSSR count). The van der Waals surface area contributed by atoms with Crippen molar-refractivity contribution in [3.8, 4) is 6.07 Å². The Kier molecular flexibility index (Phi) is 3.50. The molecule has 0 N–H and O–H groups in total. The van der Waals surface area contributed by atoms with Crippen molar-refractivity contribution in [3.05, 3.63) is 30.1 Å². The Balaban J connectivity index is 2.08. The van der Waals surface area contributed by atoms with Gasteiger partial charge in [-0.2, -0.15) is 5.26 Å². The topological polar surface area (TPSA) is 41.6 Å². The summed E-state index contributed by atoms with van der Waals surface area (Å²) in [5.74, 6) is 0.940. The second-order valence-electron chi connectivity index (χ2n) is 5.37. The summed E-state index contributed by atoms with van der Waals surface area (Å²) >= 11 is 0. The summed E-state index contributed by atoms with van der Waals surface area (Å²) in [6, 6.07) is 11.0. The first-order valence-electron chi connectivity index (χ1n) is 7.23. The molecule has 1 aliphatic carbocycles. The first-order chi connectivity index (χ1) is 9.40. The fraction of sp³-hybridized carbons (Fsp3) is 0.500. The van der Waals surface area contributed by atoms with Gasteiger partial charge in [0.05, 0.1) is 23.5 Å². The van der Waals surface area contributed by atoms with Crippen LogP contribution in [-0.4, -0.2) is 9.55 Å². The van der Waals surface area contributed by atoms with Crippen LogP contribution in [0.2, 0.25) is 0 Å². The third kappa shape index (κ3) is 2.35. The second kappa shape index (κ2) is 5.44. The molecule has 0 amide bonds. The number of hydrogen-bond acceptors (Lipinski definition) is 2. The van der Waals surface area contributed by atoms with Crippen molar-refractivity contribution in [2.24, 2.45) is 0 Å². The number of nitrogens with zero attached hydrogens (tertiary/aromatic N) is 3. The minimum absolute atomic E-state index is 0.408. The maximum atomic E-state index is 9.02. The van der Waals surface area contributed by atoms with E-state index in [0.29, 0.717) is 12.5 Å². The van der Waals surface area contributed by atoms with Crippen LogP contribution in [-0.2, 0) is 6.42 Å². The van der Waals surface area contributed by atoms with Gasteiger partial charge in [-0.1, -0.05) is 37.8 Å². The lowest BCUT2D eigenvalue weighted by Gasteiger charge is -2.19. The molecule has 0 unspecified atom stereocenters. The zero-order valence-corrected chi connectivity index (χ0v) is 11.2. The zero-order chi connectivity index (χ0) is 13.1. The van der Waals surface area contributed by atoms with Crippen molar-refractivity contribution in [3.63, 3.8) is 0 Å². The van der Waals surface area contributed by atoms with E-state index in [1.54, 1.807) is 0 Å². The molecule has 0 radical (unpaired) electrons. The third-order valence-corrected chi connectivity index (χ3v) is 4.10. The molecule has 1 aromatic carbocycles. The van der Waals surface area contributed by atoms with Crippen LogP contribution in [0.5, 0.6) is 0 Å². The second-order valence-corrected chi connectivity index (χ2v) is 5.37. The Labute approximate surface area is 113 Å². The highest BCUT2D eigenvalue weighted by Gasteiger charge is 2.20. The van der Waals surface area contributed by atoms with E-state index >= 15 is 0 Å². The first-order valence-corrected chi connectivity index (χ1v) is 7.23. The van der Waals surface area contributed by atoms with Gasteiger partial charge in [0.1, 0.15) is 5.82 Å². The fourth-order valence-electron chi connectivity index (χ4n) is 3.21. The van der Waals surface area contributed by atoms with Crippen LogP contribution in [0.25, 0.3) is 11.0 Å². The van der Waals surface area contributed by atoms with Gasteiger partial charge in [0.2, 0.25) is 0 Å². The predicted molar refractivity (Wildman–Crippen MR) is 75.8 cm³/mol. The number of nitriles is 1. The van der Waals surface area contributed by atoms with Gasteiger partial charge in [0.25, 0.3) is 0 Å². The molecule has 98 valence electrons. The lowest BCUT2D eigenvalue weighted by Crippen LogP contribution is -2.11. The molecule has 0 atom stereocenters. The van der Waals surface area contributed by atoms with Crippen LogP contribution in [0.3, 0.4) is 0 Å². The number of fused-ring (bicyclic) bond motifs is 1. The van der Waals surface area contributed by atoms with Crippen molar-refractivity contribution in [2.45, 2.75) is 51.0 Å².